The minimum atomic E-state index is 0.154. The molecule has 0 radical (unpaired) electrons. The summed E-state index contributed by atoms with van der Waals surface area (Å²) in [6, 6.07) is 18.9. The van der Waals surface area contributed by atoms with Gasteiger partial charge in [-0.25, -0.2) is 0 Å². The van der Waals surface area contributed by atoms with Crippen LogP contribution in [0.25, 0.3) is 10.9 Å². The number of aromatic nitrogens is 1. The molecule has 5 heteroatoms. The first-order chi connectivity index (χ1) is 13.6. The smallest absolute Gasteiger partial charge is 0.222 e. The molecule has 4 rings (SSSR count). The number of halogens is 1. The Labute approximate surface area is 171 Å². The van der Waals surface area contributed by atoms with Crippen LogP contribution >= 0.6 is 11.6 Å². The number of hydrogen-bond acceptors (Lipinski definition) is 2. The number of carbonyl (C=O) groups is 1. The number of benzene rings is 2. The van der Waals surface area contributed by atoms with Crippen LogP contribution in [0.3, 0.4) is 0 Å². The number of hydrogen-bond donors (Lipinski definition) is 1. The van der Waals surface area contributed by atoms with E-state index in [1.165, 1.54) is 22.2 Å². The SMILES string of the molecule is CNC(=O)C1CCN(Cc2cc3ccccc3n2Cc2ccc(Cl)cc2)CC1. The van der Waals surface area contributed by atoms with E-state index in [1.54, 1.807) is 7.05 Å². The average Bonchev–Trinajstić information content (AvgIpc) is 3.06. The van der Waals surface area contributed by atoms with E-state index in [9.17, 15) is 4.79 Å². The van der Waals surface area contributed by atoms with Crippen molar-refractivity contribution in [1.82, 2.24) is 14.8 Å². The minimum Gasteiger partial charge on any atom is -0.359 e. The third-order valence-corrected chi connectivity index (χ3v) is 5.99. The van der Waals surface area contributed by atoms with Crippen LogP contribution in [-0.2, 0) is 17.9 Å². The molecule has 1 saturated heterocycles. The lowest BCUT2D eigenvalue weighted by Gasteiger charge is -2.31. The summed E-state index contributed by atoms with van der Waals surface area (Å²) in [6.07, 6.45) is 1.86. The highest BCUT2D eigenvalue weighted by atomic mass is 35.5. The van der Waals surface area contributed by atoms with Crippen LogP contribution < -0.4 is 5.32 Å². The Hall–Kier alpha value is -2.30. The van der Waals surface area contributed by atoms with Crippen molar-refractivity contribution < 1.29 is 4.79 Å². The lowest BCUT2D eigenvalue weighted by molar-refractivity contribution is -0.125. The van der Waals surface area contributed by atoms with Crippen molar-refractivity contribution in [2.45, 2.75) is 25.9 Å². The van der Waals surface area contributed by atoms with Crippen molar-refractivity contribution in [2.24, 2.45) is 5.92 Å². The van der Waals surface area contributed by atoms with Gasteiger partial charge in [0, 0.05) is 42.3 Å². The minimum absolute atomic E-state index is 0.154. The van der Waals surface area contributed by atoms with Gasteiger partial charge in [0.25, 0.3) is 0 Å². The maximum atomic E-state index is 11.9. The first-order valence-electron chi connectivity index (χ1n) is 9.89. The Bertz CT molecular complexity index is 956. The maximum absolute atomic E-state index is 11.9. The van der Waals surface area contributed by atoms with Gasteiger partial charge in [0.05, 0.1) is 0 Å². The molecule has 0 spiro atoms. The number of para-hydroxylation sites is 1. The van der Waals surface area contributed by atoms with Crippen molar-refractivity contribution in [3.05, 3.63) is 70.9 Å². The Kier molecular flexibility index (Phi) is 5.69. The number of likely N-dealkylation sites (tertiary alicyclic amines) is 1. The van der Waals surface area contributed by atoms with Crippen molar-refractivity contribution in [1.29, 1.82) is 0 Å². The summed E-state index contributed by atoms with van der Waals surface area (Å²) in [5, 5.41) is 4.82. The molecule has 2 heterocycles. The second-order valence-electron chi connectivity index (χ2n) is 7.57. The van der Waals surface area contributed by atoms with Gasteiger partial charge < -0.3 is 9.88 Å². The molecule has 1 fully saturated rings. The Morgan fingerprint density at radius 3 is 2.50 bits per heavy atom. The van der Waals surface area contributed by atoms with E-state index in [4.69, 9.17) is 11.6 Å². The summed E-state index contributed by atoms with van der Waals surface area (Å²) in [4.78, 5) is 14.4. The molecule has 0 bridgehead atoms. The molecule has 1 amide bonds. The van der Waals surface area contributed by atoms with Gasteiger partial charge in [0.15, 0.2) is 0 Å². The monoisotopic (exact) mass is 395 g/mol. The van der Waals surface area contributed by atoms with E-state index in [0.717, 1.165) is 44.0 Å². The number of fused-ring (bicyclic) bond motifs is 1. The van der Waals surface area contributed by atoms with Gasteiger partial charge in [-0.3, -0.25) is 9.69 Å². The first-order valence-corrected chi connectivity index (χ1v) is 10.3. The first kappa shape index (κ1) is 19.0. The highest BCUT2D eigenvalue weighted by Gasteiger charge is 2.24. The van der Waals surface area contributed by atoms with Crippen molar-refractivity contribution >= 4 is 28.4 Å². The molecule has 0 saturated carbocycles. The predicted octanol–water partition coefficient (Wildman–Crippen LogP) is 4.30. The summed E-state index contributed by atoms with van der Waals surface area (Å²) in [5.74, 6) is 0.331. The van der Waals surface area contributed by atoms with Crippen molar-refractivity contribution in [2.75, 3.05) is 20.1 Å². The fraction of sp³-hybridized carbons (Fsp3) is 0.348. The van der Waals surface area contributed by atoms with Crippen molar-refractivity contribution in [3.8, 4) is 0 Å². The molecule has 3 aromatic rings. The molecule has 28 heavy (non-hydrogen) atoms. The summed E-state index contributed by atoms with van der Waals surface area (Å²) in [5.41, 5.74) is 3.81. The Morgan fingerprint density at radius 2 is 1.79 bits per heavy atom. The number of nitrogens with zero attached hydrogens (tertiary/aromatic N) is 2. The van der Waals surface area contributed by atoms with Crippen molar-refractivity contribution in [3.63, 3.8) is 0 Å². The molecule has 4 nitrogen and oxygen atoms in total. The third kappa shape index (κ3) is 4.08. The lowest BCUT2D eigenvalue weighted by Crippen LogP contribution is -2.39. The van der Waals surface area contributed by atoms with Gasteiger partial charge in [0.2, 0.25) is 5.91 Å². The van der Waals surface area contributed by atoms with Crippen LogP contribution in [0.1, 0.15) is 24.1 Å². The predicted molar refractivity (Wildman–Crippen MR) is 115 cm³/mol. The highest BCUT2D eigenvalue weighted by molar-refractivity contribution is 6.30. The largest absolute Gasteiger partial charge is 0.359 e. The molecule has 1 N–H and O–H groups in total. The zero-order valence-corrected chi connectivity index (χ0v) is 17.0. The summed E-state index contributed by atoms with van der Waals surface area (Å²) in [7, 11) is 1.73. The van der Waals surface area contributed by atoms with Gasteiger partial charge in [-0.2, -0.15) is 0 Å². The van der Waals surface area contributed by atoms with E-state index < -0.39 is 0 Å². The second-order valence-corrected chi connectivity index (χ2v) is 8.01. The number of nitrogens with one attached hydrogen (secondary N) is 1. The molecular formula is C23H26ClN3O. The second kappa shape index (κ2) is 8.38. The standard InChI is InChI=1S/C23H26ClN3O/c1-25-23(28)18-10-12-26(13-11-18)16-21-14-19-4-2-3-5-22(19)27(21)15-17-6-8-20(24)9-7-17/h2-9,14,18H,10-13,15-16H2,1H3,(H,25,28). The molecule has 1 aromatic heterocycles. The molecule has 146 valence electrons. The van der Waals surface area contributed by atoms with E-state index in [-0.39, 0.29) is 11.8 Å². The zero-order valence-electron chi connectivity index (χ0n) is 16.2. The van der Waals surface area contributed by atoms with Crippen LogP contribution in [0.15, 0.2) is 54.6 Å². The number of rotatable bonds is 5. The maximum Gasteiger partial charge on any atom is 0.222 e. The Morgan fingerprint density at radius 1 is 1.07 bits per heavy atom. The molecule has 0 atom stereocenters. The quantitative estimate of drug-likeness (QED) is 0.699. The van der Waals surface area contributed by atoms with Gasteiger partial charge in [-0.1, -0.05) is 41.9 Å². The van der Waals surface area contributed by atoms with Crippen LogP contribution in [0.4, 0.5) is 0 Å². The van der Waals surface area contributed by atoms with E-state index in [2.05, 4.69) is 57.2 Å². The number of carbonyl (C=O) groups excluding carboxylic acids is 1. The molecular weight excluding hydrogens is 370 g/mol. The summed E-state index contributed by atoms with van der Waals surface area (Å²) >= 11 is 6.05. The van der Waals surface area contributed by atoms with Crippen LogP contribution in [0.2, 0.25) is 5.02 Å². The fourth-order valence-electron chi connectivity index (χ4n) is 4.14. The van der Waals surface area contributed by atoms with Gasteiger partial charge in [-0.15, -0.1) is 0 Å². The summed E-state index contributed by atoms with van der Waals surface area (Å²) < 4.78 is 2.41. The molecule has 0 aliphatic carbocycles. The normalized spacial score (nSPS) is 15.8. The van der Waals surface area contributed by atoms with Gasteiger partial charge in [0.1, 0.15) is 0 Å². The average molecular weight is 396 g/mol. The van der Waals surface area contributed by atoms with E-state index >= 15 is 0 Å². The molecule has 1 aliphatic heterocycles. The number of piperidine rings is 1. The third-order valence-electron chi connectivity index (χ3n) is 5.74. The number of amides is 1. The van der Waals surface area contributed by atoms with Crippen LogP contribution in [-0.4, -0.2) is 35.5 Å². The molecule has 1 aliphatic rings. The topological polar surface area (TPSA) is 37.3 Å². The zero-order chi connectivity index (χ0) is 19.5. The van der Waals surface area contributed by atoms with Crippen LogP contribution in [0, 0.1) is 5.92 Å². The van der Waals surface area contributed by atoms with Gasteiger partial charge >= 0.3 is 0 Å². The van der Waals surface area contributed by atoms with E-state index in [1.807, 2.05) is 12.1 Å². The highest BCUT2D eigenvalue weighted by Crippen LogP contribution is 2.25. The van der Waals surface area contributed by atoms with Crippen LogP contribution in [0.5, 0.6) is 0 Å². The lowest BCUT2D eigenvalue weighted by atomic mass is 9.96. The molecule has 2 aromatic carbocycles. The van der Waals surface area contributed by atoms with E-state index in [0.29, 0.717) is 0 Å². The fourth-order valence-corrected chi connectivity index (χ4v) is 4.27. The summed E-state index contributed by atoms with van der Waals surface area (Å²) in [6.45, 7) is 3.65. The van der Waals surface area contributed by atoms with Gasteiger partial charge in [-0.05, 0) is 61.1 Å². The molecule has 0 unspecified atom stereocenters. The Balaban J connectivity index is 1.55.